The predicted molar refractivity (Wildman–Crippen MR) is 80.5 cm³/mol. The van der Waals surface area contributed by atoms with Gasteiger partial charge < -0.3 is 10.2 Å². The largest absolute Gasteiger partial charge is 0.453 e. The van der Waals surface area contributed by atoms with Gasteiger partial charge in [0.15, 0.2) is 5.76 Å². The molecule has 0 aliphatic rings. The number of halogens is 2. The van der Waals surface area contributed by atoms with Gasteiger partial charge in [0, 0.05) is 16.0 Å². The second-order valence-electron chi connectivity index (χ2n) is 4.36. The molecule has 0 saturated heterocycles. The molecular formula is C15H9Cl2NO2. The van der Waals surface area contributed by atoms with Gasteiger partial charge in [-0.2, -0.15) is 0 Å². The maximum Gasteiger partial charge on any atom is 0.228 e. The Labute approximate surface area is 124 Å². The Hall–Kier alpha value is -1.97. The van der Waals surface area contributed by atoms with Crippen LogP contribution in [0.4, 0.5) is 5.69 Å². The molecule has 0 atom stereocenters. The highest BCUT2D eigenvalue weighted by molar-refractivity contribution is 6.33. The van der Waals surface area contributed by atoms with Crippen molar-refractivity contribution in [2.45, 2.75) is 0 Å². The van der Waals surface area contributed by atoms with Crippen LogP contribution in [0.1, 0.15) is 16.1 Å². The SMILES string of the molecule is Nc1cc(C(=O)c2cc3cc(Cl)ccc3o2)ccc1Cl. The molecule has 0 aliphatic heterocycles. The van der Waals surface area contributed by atoms with Crippen molar-refractivity contribution in [1.82, 2.24) is 0 Å². The highest BCUT2D eigenvalue weighted by atomic mass is 35.5. The molecule has 0 unspecified atom stereocenters. The summed E-state index contributed by atoms with van der Waals surface area (Å²) in [5, 5.41) is 1.79. The third-order valence-electron chi connectivity index (χ3n) is 2.96. The standard InChI is InChI=1S/C15H9Cl2NO2/c16-10-2-4-13-9(5-10)7-14(20-13)15(19)8-1-3-11(17)12(18)6-8/h1-7H,18H2. The number of anilines is 1. The van der Waals surface area contributed by atoms with E-state index in [0.717, 1.165) is 5.39 Å². The van der Waals surface area contributed by atoms with E-state index in [1.165, 1.54) is 6.07 Å². The number of hydrogen-bond acceptors (Lipinski definition) is 3. The van der Waals surface area contributed by atoms with Gasteiger partial charge in [-0.3, -0.25) is 4.79 Å². The zero-order chi connectivity index (χ0) is 14.3. The normalized spacial score (nSPS) is 10.9. The Balaban J connectivity index is 2.05. The van der Waals surface area contributed by atoms with Crippen molar-refractivity contribution in [2.24, 2.45) is 0 Å². The number of benzene rings is 2. The van der Waals surface area contributed by atoms with Crippen molar-refractivity contribution in [1.29, 1.82) is 0 Å². The van der Waals surface area contributed by atoms with Gasteiger partial charge >= 0.3 is 0 Å². The molecule has 100 valence electrons. The molecule has 0 saturated carbocycles. The molecule has 0 bridgehead atoms. The van der Waals surface area contributed by atoms with Crippen LogP contribution in [0.15, 0.2) is 46.9 Å². The minimum Gasteiger partial charge on any atom is -0.453 e. The summed E-state index contributed by atoms with van der Waals surface area (Å²) in [6, 6.07) is 11.6. The average molecular weight is 306 g/mol. The molecule has 3 aromatic rings. The first-order valence-corrected chi connectivity index (χ1v) is 6.59. The van der Waals surface area contributed by atoms with Gasteiger partial charge in [0.2, 0.25) is 5.78 Å². The number of nitrogen functional groups attached to an aromatic ring is 1. The van der Waals surface area contributed by atoms with Gasteiger partial charge in [-0.15, -0.1) is 0 Å². The van der Waals surface area contributed by atoms with E-state index in [-0.39, 0.29) is 11.5 Å². The topological polar surface area (TPSA) is 56.2 Å². The molecule has 0 amide bonds. The van der Waals surface area contributed by atoms with E-state index in [1.807, 2.05) is 0 Å². The summed E-state index contributed by atoms with van der Waals surface area (Å²) in [4.78, 5) is 12.3. The highest BCUT2D eigenvalue weighted by Gasteiger charge is 2.15. The zero-order valence-corrected chi connectivity index (χ0v) is 11.7. The van der Waals surface area contributed by atoms with Gasteiger partial charge in [-0.05, 0) is 42.5 Å². The summed E-state index contributed by atoms with van der Waals surface area (Å²) in [6.07, 6.45) is 0. The van der Waals surface area contributed by atoms with E-state index in [9.17, 15) is 4.79 Å². The number of carbonyl (C=O) groups is 1. The summed E-state index contributed by atoms with van der Waals surface area (Å²) >= 11 is 11.7. The van der Waals surface area contributed by atoms with E-state index in [4.69, 9.17) is 33.4 Å². The molecule has 2 N–H and O–H groups in total. The molecule has 2 aromatic carbocycles. The number of carbonyl (C=O) groups excluding carboxylic acids is 1. The lowest BCUT2D eigenvalue weighted by Crippen LogP contribution is -2.00. The molecule has 0 radical (unpaired) electrons. The third-order valence-corrected chi connectivity index (χ3v) is 3.54. The lowest BCUT2D eigenvalue weighted by Gasteiger charge is -2.01. The zero-order valence-electron chi connectivity index (χ0n) is 10.2. The van der Waals surface area contributed by atoms with Crippen molar-refractivity contribution < 1.29 is 9.21 Å². The molecular weight excluding hydrogens is 297 g/mol. The van der Waals surface area contributed by atoms with Crippen LogP contribution in [0.3, 0.4) is 0 Å². The van der Waals surface area contributed by atoms with E-state index >= 15 is 0 Å². The molecule has 5 heteroatoms. The number of rotatable bonds is 2. The molecule has 1 aromatic heterocycles. The predicted octanol–water partition coefficient (Wildman–Crippen LogP) is 4.55. The van der Waals surface area contributed by atoms with Crippen LogP contribution in [-0.4, -0.2) is 5.78 Å². The molecule has 3 nitrogen and oxygen atoms in total. The molecule has 3 rings (SSSR count). The lowest BCUT2D eigenvalue weighted by atomic mass is 10.1. The van der Waals surface area contributed by atoms with Crippen LogP contribution >= 0.6 is 23.2 Å². The minimum absolute atomic E-state index is 0.240. The Morgan fingerprint density at radius 2 is 1.85 bits per heavy atom. The second-order valence-corrected chi connectivity index (χ2v) is 5.20. The van der Waals surface area contributed by atoms with Gasteiger partial charge in [-0.25, -0.2) is 0 Å². The molecule has 0 aliphatic carbocycles. The van der Waals surface area contributed by atoms with Crippen LogP contribution in [0.2, 0.25) is 10.0 Å². The maximum absolute atomic E-state index is 12.3. The van der Waals surface area contributed by atoms with E-state index in [0.29, 0.717) is 26.9 Å². The average Bonchev–Trinajstić information content (AvgIpc) is 2.84. The van der Waals surface area contributed by atoms with Gasteiger partial charge in [-0.1, -0.05) is 23.2 Å². The number of hydrogen-bond donors (Lipinski definition) is 1. The Kier molecular flexibility index (Phi) is 3.16. The van der Waals surface area contributed by atoms with Crippen molar-refractivity contribution >= 4 is 45.6 Å². The maximum atomic E-state index is 12.3. The Morgan fingerprint density at radius 3 is 2.60 bits per heavy atom. The molecule has 1 heterocycles. The fraction of sp³-hybridized carbons (Fsp3) is 0. The quantitative estimate of drug-likeness (QED) is 0.558. The van der Waals surface area contributed by atoms with Crippen molar-refractivity contribution in [3.8, 4) is 0 Å². The summed E-state index contributed by atoms with van der Waals surface area (Å²) in [6.45, 7) is 0. The summed E-state index contributed by atoms with van der Waals surface area (Å²) in [5.41, 5.74) is 7.10. The van der Waals surface area contributed by atoms with Crippen molar-refractivity contribution in [2.75, 3.05) is 5.73 Å². The number of furan rings is 1. The van der Waals surface area contributed by atoms with E-state index in [2.05, 4.69) is 0 Å². The van der Waals surface area contributed by atoms with Crippen molar-refractivity contribution in [3.63, 3.8) is 0 Å². The first kappa shape index (κ1) is 13.0. The van der Waals surface area contributed by atoms with Crippen LogP contribution in [0, 0.1) is 0 Å². The van der Waals surface area contributed by atoms with Gasteiger partial charge in [0.1, 0.15) is 5.58 Å². The van der Waals surface area contributed by atoms with Gasteiger partial charge in [0.25, 0.3) is 0 Å². The number of fused-ring (bicyclic) bond motifs is 1. The fourth-order valence-electron chi connectivity index (χ4n) is 1.95. The van der Waals surface area contributed by atoms with Crippen LogP contribution in [0.25, 0.3) is 11.0 Å². The first-order valence-electron chi connectivity index (χ1n) is 5.83. The summed E-state index contributed by atoms with van der Waals surface area (Å²) < 4.78 is 5.53. The van der Waals surface area contributed by atoms with E-state index < -0.39 is 0 Å². The van der Waals surface area contributed by atoms with Crippen LogP contribution in [-0.2, 0) is 0 Å². The first-order chi connectivity index (χ1) is 9.54. The number of nitrogens with two attached hydrogens (primary N) is 1. The molecule has 0 fully saturated rings. The molecule has 0 spiro atoms. The smallest absolute Gasteiger partial charge is 0.228 e. The van der Waals surface area contributed by atoms with E-state index in [1.54, 1.807) is 36.4 Å². The second kappa shape index (κ2) is 4.85. The van der Waals surface area contributed by atoms with Crippen LogP contribution in [0.5, 0.6) is 0 Å². The molecule has 20 heavy (non-hydrogen) atoms. The fourth-order valence-corrected chi connectivity index (χ4v) is 2.25. The van der Waals surface area contributed by atoms with Crippen LogP contribution < -0.4 is 5.73 Å². The third kappa shape index (κ3) is 2.26. The summed E-state index contributed by atoms with van der Waals surface area (Å²) in [5.74, 6) is -0.00956. The summed E-state index contributed by atoms with van der Waals surface area (Å²) in [7, 11) is 0. The number of ketones is 1. The van der Waals surface area contributed by atoms with Crippen molar-refractivity contribution in [3.05, 3.63) is 63.8 Å². The minimum atomic E-state index is -0.249. The van der Waals surface area contributed by atoms with Gasteiger partial charge in [0.05, 0.1) is 10.7 Å². The monoisotopic (exact) mass is 305 g/mol. The Bertz CT molecular complexity index is 824. The Morgan fingerprint density at radius 1 is 1.05 bits per heavy atom. The highest BCUT2D eigenvalue weighted by Crippen LogP contribution is 2.26. The lowest BCUT2D eigenvalue weighted by molar-refractivity contribution is 0.101.